The molecule has 1 saturated carbocycles. The Bertz CT molecular complexity index is 229. The molecule has 0 spiro atoms. The van der Waals surface area contributed by atoms with Crippen LogP contribution in [0.1, 0.15) is 60.3 Å². The molecule has 1 rings (SSSR count). The van der Waals surface area contributed by atoms with Gasteiger partial charge in [0, 0.05) is 25.2 Å². The molecule has 1 atom stereocenters. The minimum atomic E-state index is 0.447. The predicted molar refractivity (Wildman–Crippen MR) is 81.0 cm³/mol. The second-order valence-electron chi connectivity index (χ2n) is 6.74. The summed E-state index contributed by atoms with van der Waals surface area (Å²) in [5.41, 5.74) is 0.447. The van der Waals surface area contributed by atoms with Crippen molar-refractivity contribution in [3.8, 4) is 0 Å². The molecule has 0 heterocycles. The number of hydrogen-bond donors (Lipinski definition) is 1. The zero-order valence-corrected chi connectivity index (χ0v) is 13.4. The van der Waals surface area contributed by atoms with E-state index in [0.717, 1.165) is 18.5 Å². The molecular formula is C16H34N2. The first-order valence-corrected chi connectivity index (χ1v) is 7.87. The Morgan fingerprint density at radius 1 is 1.17 bits per heavy atom. The van der Waals surface area contributed by atoms with Gasteiger partial charge in [0.2, 0.25) is 0 Å². The van der Waals surface area contributed by atoms with E-state index in [9.17, 15) is 0 Å². The molecular weight excluding hydrogens is 220 g/mol. The van der Waals surface area contributed by atoms with E-state index in [2.05, 4.69) is 51.9 Å². The quantitative estimate of drug-likeness (QED) is 0.677. The van der Waals surface area contributed by atoms with Crippen molar-refractivity contribution in [1.29, 1.82) is 0 Å². The molecule has 18 heavy (non-hydrogen) atoms. The maximum absolute atomic E-state index is 3.65. The van der Waals surface area contributed by atoms with Crippen LogP contribution in [0.5, 0.6) is 0 Å². The van der Waals surface area contributed by atoms with Crippen LogP contribution >= 0.6 is 0 Å². The van der Waals surface area contributed by atoms with Crippen molar-refractivity contribution in [1.82, 2.24) is 10.2 Å². The summed E-state index contributed by atoms with van der Waals surface area (Å²) in [7, 11) is 2.32. The third kappa shape index (κ3) is 4.55. The zero-order valence-electron chi connectivity index (χ0n) is 13.4. The molecule has 1 N–H and O–H groups in total. The topological polar surface area (TPSA) is 15.3 Å². The lowest BCUT2D eigenvalue weighted by atomic mass is 9.81. The lowest BCUT2D eigenvalue weighted by molar-refractivity contribution is 0.117. The molecule has 0 aliphatic heterocycles. The molecule has 1 fully saturated rings. The van der Waals surface area contributed by atoms with E-state index in [1.54, 1.807) is 0 Å². The lowest BCUT2D eigenvalue weighted by Crippen LogP contribution is -2.46. The summed E-state index contributed by atoms with van der Waals surface area (Å²) in [6, 6.07) is 1.36. The molecule has 0 saturated heterocycles. The molecule has 0 bridgehead atoms. The minimum Gasteiger partial charge on any atom is -0.314 e. The van der Waals surface area contributed by atoms with Crippen molar-refractivity contribution in [3.05, 3.63) is 0 Å². The van der Waals surface area contributed by atoms with Crippen molar-refractivity contribution in [3.63, 3.8) is 0 Å². The van der Waals surface area contributed by atoms with E-state index in [4.69, 9.17) is 0 Å². The summed E-state index contributed by atoms with van der Waals surface area (Å²) in [6.07, 6.45) is 5.43. The Morgan fingerprint density at radius 2 is 1.72 bits per heavy atom. The van der Waals surface area contributed by atoms with Crippen LogP contribution in [-0.4, -0.2) is 37.1 Å². The molecule has 0 aromatic heterocycles. The normalized spacial score (nSPS) is 18.7. The Labute approximate surface area is 115 Å². The summed E-state index contributed by atoms with van der Waals surface area (Å²) >= 11 is 0. The van der Waals surface area contributed by atoms with Gasteiger partial charge < -0.3 is 10.2 Å². The Morgan fingerprint density at radius 3 is 2.11 bits per heavy atom. The minimum absolute atomic E-state index is 0.447. The average molecular weight is 254 g/mol. The van der Waals surface area contributed by atoms with E-state index in [0.29, 0.717) is 11.5 Å². The highest BCUT2D eigenvalue weighted by molar-refractivity contribution is 4.89. The Kier molecular flexibility index (Phi) is 6.13. The number of nitrogens with zero attached hydrogens (tertiary/aromatic N) is 1. The van der Waals surface area contributed by atoms with Crippen molar-refractivity contribution in [2.75, 3.05) is 20.1 Å². The monoisotopic (exact) mass is 254 g/mol. The van der Waals surface area contributed by atoms with E-state index < -0.39 is 0 Å². The second kappa shape index (κ2) is 6.91. The highest BCUT2D eigenvalue weighted by Crippen LogP contribution is 2.36. The molecule has 0 amide bonds. The number of nitrogens with one attached hydrogen (secondary N) is 1. The van der Waals surface area contributed by atoms with E-state index >= 15 is 0 Å². The van der Waals surface area contributed by atoms with Crippen LogP contribution in [0.4, 0.5) is 0 Å². The third-order valence-electron chi connectivity index (χ3n) is 4.97. The molecule has 0 aromatic rings. The van der Waals surface area contributed by atoms with Gasteiger partial charge in [-0.3, -0.25) is 0 Å². The zero-order chi connectivity index (χ0) is 13.8. The Hall–Kier alpha value is -0.0800. The van der Waals surface area contributed by atoms with Gasteiger partial charge in [-0.1, -0.05) is 27.7 Å². The average Bonchev–Trinajstić information content (AvgIpc) is 3.17. The van der Waals surface area contributed by atoms with E-state index in [-0.39, 0.29) is 0 Å². The standard InChI is InChI=1S/C16H34N2/c1-7-16(8-2,11-17-13(3)4)12-18(6)14(5)15-9-10-15/h13-15,17H,7-12H2,1-6H3. The summed E-state index contributed by atoms with van der Waals surface area (Å²) in [6.45, 7) is 14.0. The van der Waals surface area contributed by atoms with Gasteiger partial charge in [-0.2, -0.15) is 0 Å². The van der Waals surface area contributed by atoms with Gasteiger partial charge in [0.25, 0.3) is 0 Å². The largest absolute Gasteiger partial charge is 0.314 e. The van der Waals surface area contributed by atoms with Crippen LogP contribution in [0.3, 0.4) is 0 Å². The predicted octanol–water partition coefficient (Wildman–Crippen LogP) is 3.52. The molecule has 2 nitrogen and oxygen atoms in total. The van der Waals surface area contributed by atoms with E-state index in [1.165, 1.54) is 32.2 Å². The fourth-order valence-corrected chi connectivity index (χ4v) is 2.81. The molecule has 1 unspecified atom stereocenters. The fraction of sp³-hybridized carbons (Fsp3) is 1.00. The van der Waals surface area contributed by atoms with Crippen LogP contribution in [0.15, 0.2) is 0 Å². The highest BCUT2D eigenvalue weighted by Gasteiger charge is 2.34. The fourth-order valence-electron chi connectivity index (χ4n) is 2.81. The van der Waals surface area contributed by atoms with Crippen molar-refractivity contribution in [2.24, 2.45) is 11.3 Å². The van der Waals surface area contributed by atoms with Gasteiger partial charge in [-0.15, -0.1) is 0 Å². The summed E-state index contributed by atoms with van der Waals surface area (Å²) < 4.78 is 0. The smallest absolute Gasteiger partial charge is 0.00923 e. The molecule has 108 valence electrons. The van der Waals surface area contributed by atoms with Crippen molar-refractivity contribution in [2.45, 2.75) is 72.4 Å². The maximum atomic E-state index is 3.65. The van der Waals surface area contributed by atoms with Crippen LogP contribution in [0.25, 0.3) is 0 Å². The van der Waals surface area contributed by atoms with Gasteiger partial charge >= 0.3 is 0 Å². The second-order valence-corrected chi connectivity index (χ2v) is 6.74. The first kappa shape index (κ1) is 16.0. The maximum Gasteiger partial charge on any atom is 0.00923 e. The highest BCUT2D eigenvalue weighted by atomic mass is 15.1. The van der Waals surface area contributed by atoms with Crippen LogP contribution in [0.2, 0.25) is 0 Å². The van der Waals surface area contributed by atoms with Gasteiger partial charge in [-0.05, 0) is 51.0 Å². The molecule has 0 radical (unpaired) electrons. The Balaban J connectivity index is 2.53. The molecule has 1 aliphatic carbocycles. The SMILES string of the molecule is CCC(CC)(CNC(C)C)CN(C)C(C)C1CC1. The third-order valence-corrected chi connectivity index (χ3v) is 4.97. The van der Waals surface area contributed by atoms with Crippen molar-refractivity contribution >= 4 is 0 Å². The molecule has 1 aliphatic rings. The number of hydrogen-bond acceptors (Lipinski definition) is 2. The van der Waals surface area contributed by atoms with E-state index in [1.807, 2.05) is 0 Å². The molecule has 0 aromatic carbocycles. The first-order valence-electron chi connectivity index (χ1n) is 7.87. The first-order chi connectivity index (χ1) is 8.44. The van der Waals surface area contributed by atoms with Crippen LogP contribution in [-0.2, 0) is 0 Å². The van der Waals surface area contributed by atoms with Gasteiger partial charge in [0.1, 0.15) is 0 Å². The van der Waals surface area contributed by atoms with Gasteiger partial charge in [0.05, 0.1) is 0 Å². The van der Waals surface area contributed by atoms with Gasteiger partial charge in [-0.25, -0.2) is 0 Å². The molecule has 2 heteroatoms. The summed E-state index contributed by atoms with van der Waals surface area (Å²) in [5.74, 6) is 0.972. The number of rotatable bonds is 9. The van der Waals surface area contributed by atoms with Crippen LogP contribution in [0, 0.1) is 11.3 Å². The lowest BCUT2D eigenvalue weighted by Gasteiger charge is -2.39. The summed E-state index contributed by atoms with van der Waals surface area (Å²) in [4.78, 5) is 2.60. The van der Waals surface area contributed by atoms with Crippen LogP contribution < -0.4 is 5.32 Å². The van der Waals surface area contributed by atoms with Gasteiger partial charge in [0.15, 0.2) is 0 Å². The summed E-state index contributed by atoms with van der Waals surface area (Å²) in [5, 5.41) is 3.65. The van der Waals surface area contributed by atoms with Crippen molar-refractivity contribution < 1.29 is 0 Å².